The third kappa shape index (κ3) is 4.89. The third-order valence-corrected chi connectivity index (χ3v) is 5.39. The lowest BCUT2D eigenvalue weighted by Crippen LogP contribution is -2.44. The SMILES string of the molecule is O=C(CCc1ncc(-c2ccc(Cl)cc2)o1)NCC1(C(=O)O)CCCCC1. The molecule has 144 valence electrons. The van der Waals surface area contributed by atoms with Gasteiger partial charge in [-0.2, -0.15) is 0 Å². The molecule has 1 amide bonds. The summed E-state index contributed by atoms with van der Waals surface area (Å²) < 4.78 is 5.68. The van der Waals surface area contributed by atoms with Gasteiger partial charge in [-0.15, -0.1) is 0 Å². The number of hydrogen-bond acceptors (Lipinski definition) is 4. The van der Waals surface area contributed by atoms with Gasteiger partial charge in [-0.25, -0.2) is 4.98 Å². The monoisotopic (exact) mass is 390 g/mol. The fourth-order valence-electron chi connectivity index (χ4n) is 3.44. The first-order chi connectivity index (χ1) is 13.0. The summed E-state index contributed by atoms with van der Waals surface area (Å²) in [5.74, 6) is 0.0880. The van der Waals surface area contributed by atoms with Crippen molar-refractivity contribution >= 4 is 23.5 Å². The fourth-order valence-corrected chi connectivity index (χ4v) is 3.57. The van der Waals surface area contributed by atoms with Crippen molar-refractivity contribution in [2.24, 2.45) is 5.41 Å². The number of amides is 1. The number of hydrogen-bond donors (Lipinski definition) is 2. The number of halogens is 1. The number of rotatable bonds is 7. The molecule has 1 aliphatic carbocycles. The highest BCUT2D eigenvalue weighted by Gasteiger charge is 2.39. The average molecular weight is 391 g/mol. The Morgan fingerprint density at radius 2 is 1.89 bits per heavy atom. The molecule has 0 spiro atoms. The Hall–Kier alpha value is -2.34. The molecule has 1 saturated carbocycles. The first kappa shape index (κ1) is 19.4. The van der Waals surface area contributed by atoms with E-state index >= 15 is 0 Å². The van der Waals surface area contributed by atoms with Gasteiger partial charge in [0, 0.05) is 30.0 Å². The van der Waals surface area contributed by atoms with Crippen molar-refractivity contribution in [3.63, 3.8) is 0 Å². The quantitative estimate of drug-likeness (QED) is 0.743. The summed E-state index contributed by atoms with van der Waals surface area (Å²) in [5, 5.41) is 13.0. The molecule has 7 heteroatoms. The summed E-state index contributed by atoms with van der Waals surface area (Å²) in [6.07, 6.45) is 6.27. The average Bonchev–Trinajstić information content (AvgIpc) is 3.15. The number of carboxylic acids is 1. The van der Waals surface area contributed by atoms with Gasteiger partial charge in [-0.05, 0) is 37.1 Å². The molecule has 1 aliphatic rings. The summed E-state index contributed by atoms with van der Waals surface area (Å²) in [4.78, 5) is 28.0. The van der Waals surface area contributed by atoms with Gasteiger partial charge < -0.3 is 14.8 Å². The van der Waals surface area contributed by atoms with Crippen LogP contribution in [0.1, 0.15) is 44.4 Å². The second-order valence-electron chi connectivity index (χ2n) is 7.05. The van der Waals surface area contributed by atoms with Crippen LogP contribution in [0.2, 0.25) is 5.02 Å². The van der Waals surface area contributed by atoms with Gasteiger partial charge in [0.2, 0.25) is 5.91 Å². The highest BCUT2D eigenvalue weighted by Crippen LogP contribution is 2.36. The molecule has 1 fully saturated rings. The zero-order chi connectivity index (χ0) is 19.3. The maximum Gasteiger partial charge on any atom is 0.311 e. The van der Waals surface area contributed by atoms with E-state index in [-0.39, 0.29) is 18.9 Å². The Kier molecular flexibility index (Phi) is 6.16. The lowest BCUT2D eigenvalue weighted by Gasteiger charge is -2.33. The van der Waals surface area contributed by atoms with Crippen LogP contribution in [0.15, 0.2) is 34.9 Å². The van der Waals surface area contributed by atoms with Crippen molar-refractivity contribution in [2.45, 2.75) is 44.9 Å². The van der Waals surface area contributed by atoms with Crippen LogP contribution in [0.3, 0.4) is 0 Å². The number of oxazole rings is 1. The van der Waals surface area contributed by atoms with E-state index in [0.717, 1.165) is 24.8 Å². The summed E-state index contributed by atoms with van der Waals surface area (Å²) >= 11 is 5.88. The number of aryl methyl sites for hydroxylation is 1. The van der Waals surface area contributed by atoms with Gasteiger partial charge in [0.25, 0.3) is 0 Å². The van der Waals surface area contributed by atoms with Crippen molar-refractivity contribution in [1.82, 2.24) is 10.3 Å². The van der Waals surface area contributed by atoms with E-state index in [1.54, 1.807) is 18.3 Å². The molecule has 2 aromatic rings. The Labute approximate surface area is 162 Å². The molecule has 2 N–H and O–H groups in total. The van der Waals surface area contributed by atoms with E-state index in [1.807, 2.05) is 12.1 Å². The zero-order valence-electron chi connectivity index (χ0n) is 15.0. The molecule has 1 aromatic heterocycles. The lowest BCUT2D eigenvalue weighted by atomic mass is 9.74. The number of nitrogens with zero attached hydrogens (tertiary/aromatic N) is 1. The second kappa shape index (κ2) is 8.57. The van der Waals surface area contributed by atoms with Crippen LogP contribution in [0, 0.1) is 5.41 Å². The maximum atomic E-state index is 12.1. The van der Waals surface area contributed by atoms with Gasteiger partial charge in [0.15, 0.2) is 11.7 Å². The number of carbonyl (C=O) groups excluding carboxylic acids is 1. The largest absolute Gasteiger partial charge is 0.481 e. The first-order valence-corrected chi connectivity index (χ1v) is 9.57. The van der Waals surface area contributed by atoms with Crippen molar-refractivity contribution in [3.8, 4) is 11.3 Å². The molecule has 0 radical (unpaired) electrons. The highest BCUT2D eigenvalue weighted by atomic mass is 35.5. The van der Waals surface area contributed by atoms with Gasteiger partial charge in [-0.1, -0.05) is 30.9 Å². The van der Waals surface area contributed by atoms with Crippen LogP contribution in [0.5, 0.6) is 0 Å². The molecule has 0 bridgehead atoms. The number of carboxylic acid groups (broad SMARTS) is 1. The number of nitrogens with one attached hydrogen (secondary N) is 1. The summed E-state index contributed by atoms with van der Waals surface area (Å²) in [7, 11) is 0. The van der Waals surface area contributed by atoms with Crippen LogP contribution in [0.25, 0.3) is 11.3 Å². The lowest BCUT2D eigenvalue weighted by molar-refractivity contribution is -0.151. The molecular formula is C20H23ClN2O4. The molecule has 1 aromatic carbocycles. The number of benzene rings is 1. The van der Waals surface area contributed by atoms with Crippen molar-refractivity contribution < 1.29 is 19.1 Å². The Morgan fingerprint density at radius 1 is 1.19 bits per heavy atom. The standard InChI is InChI=1S/C20H23ClN2O4/c21-15-6-4-14(5-7-15)16-12-22-18(27-16)9-8-17(24)23-13-20(19(25)26)10-2-1-3-11-20/h4-7,12H,1-3,8-11,13H2,(H,23,24)(H,25,26). The maximum absolute atomic E-state index is 12.1. The zero-order valence-corrected chi connectivity index (χ0v) is 15.8. The smallest absolute Gasteiger partial charge is 0.311 e. The Bertz CT molecular complexity index is 795. The minimum Gasteiger partial charge on any atom is -0.481 e. The molecule has 1 heterocycles. The van der Waals surface area contributed by atoms with E-state index < -0.39 is 11.4 Å². The summed E-state index contributed by atoms with van der Waals surface area (Å²) in [6.45, 7) is 0.183. The van der Waals surface area contributed by atoms with Crippen LogP contribution in [-0.4, -0.2) is 28.5 Å². The van der Waals surface area contributed by atoms with E-state index in [9.17, 15) is 14.7 Å². The molecule has 27 heavy (non-hydrogen) atoms. The number of carbonyl (C=O) groups is 2. The van der Waals surface area contributed by atoms with Gasteiger partial charge >= 0.3 is 5.97 Å². The predicted octanol–water partition coefficient (Wildman–Crippen LogP) is 4.08. The van der Waals surface area contributed by atoms with Crippen LogP contribution in [0.4, 0.5) is 0 Å². The normalized spacial score (nSPS) is 16.0. The van der Waals surface area contributed by atoms with Gasteiger partial charge in [0.1, 0.15) is 0 Å². The highest BCUT2D eigenvalue weighted by molar-refractivity contribution is 6.30. The minimum absolute atomic E-state index is 0.183. The second-order valence-corrected chi connectivity index (χ2v) is 7.48. The van der Waals surface area contributed by atoms with Crippen molar-refractivity contribution in [1.29, 1.82) is 0 Å². The topological polar surface area (TPSA) is 92.4 Å². The number of aliphatic carboxylic acids is 1. The molecule has 0 aliphatic heterocycles. The van der Waals surface area contributed by atoms with Crippen molar-refractivity contribution in [3.05, 3.63) is 41.4 Å². The molecule has 6 nitrogen and oxygen atoms in total. The first-order valence-electron chi connectivity index (χ1n) is 9.19. The van der Waals surface area contributed by atoms with Gasteiger partial charge in [-0.3, -0.25) is 9.59 Å². The molecule has 0 unspecified atom stereocenters. The molecule has 0 saturated heterocycles. The predicted molar refractivity (Wildman–Crippen MR) is 101 cm³/mol. The Morgan fingerprint density at radius 3 is 2.56 bits per heavy atom. The van der Waals surface area contributed by atoms with Crippen LogP contribution >= 0.6 is 11.6 Å². The van der Waals surface area contributed by atoms with E-state index in [0.29, 0.717) is 35.9 Å². The molecule has 0 atom stereocenters. The molecular weight excluding hydrogens is 368 g/mol. The van der Waals surface area contributed by atoms with Gasteiger partial charge in [0.05, 0.1) is 11.6 Å². The van der Waals surface area contributed by atoms with E-state index in [2.05, 4.69) is 10.3 Å². The Balaban J connectivity index is 1.50. The van der Waals surface area contributed by atoms with Crippen LogP contribution in [-0.2, 0) is 16.0 Å². The summed E-state index contributed by atoms with van der Waals surface area (Å²) in [5.41, 5.74) is 0.0433. The number of aromatic nitrogens is 1. The van der Waals surface area contributed by atoms with E-state index in [4.69, 9.17) is 16.0 Å². The van der Waals surface area contributed by atoms with E-state index in [1.165, 1.54) is 0 Å². The fraction of sp³-hybridized carbons (Fsp3) is 0.450. The molecule has 3 rings (SSSR count). The summed E-state index contributed by atoms with van der Waals surface area (Å²) in [6, 6.07) is 7.23. The van der Waals surface area contributed by atoms with Crippen molar-refractivity contribution in [2.75, 3.05) is 6.54 Å². The van der Waals surface area contributed by atoms with Crippen LogP contribution < -0.4 is 5.32 Å². The third-order valence-electron chi connectivity index (χ3n) is 5.14. The minimum atomic E-state index is -0.821.